The van der Waals surface area contributed by atoms with Gasteiger partial charge >= 0.3 is 0 Å². The molecule has 0 heterocycles. The summed E-state index contributed by atoms with van der Waals surface area (Å²) in [6, 6.07) is 5.17. The van der Waals surface area contributed by atoms with Crippen molar-refractivity contribution >= 4 is 11.6 Å². The van der Waals surface area contributed by atoms with Crippen LogP contribution in [0.3, 0.4) is 0 Å². The van der Waals surface area contributed by atoms with Crippen LogP contribution < -0.4 is 10.1 Å². The van der Waals surface area contributed by atoms with Crippen molar-refractivity contribution in [1.29, 1.82) is 0 Å². The highest BCUT2D eigenvalue weighted by atomic mass is 16.5. The Balaban J connectivity index is 2.61. The van der Waals surface area contributed by atoms with Gasteiger partial charge in [0.2, 0.25) is 5.91 Å². The number of nitrogens with one attached hydrogen (secondary N) is 1. The maximum Gasteiger partial charge on any atom is 0.250 e. The van der Waals surface area contributed by atoms with E-state index in [0.717, 1.165) is 6.42 Å². The van der Waals surface area contributed by atoms with Crippen molar-refractivity contribution in [1.82, 2.24) is 0 Å². The van der Waals surface area contributed by atoms with Gasteiger partial charge in [0.25, 0.3) is 0 Å². The Labute approximate surface area is 113 Å². The highest BCUT2D eigenvalue weighted by Gasteiger charge is 2.07. The molecule has 0 spiro atoms. The summed E-state index contributed by atoms with van der Waals surface area (Å²) in [6.07, 6.45) is 0.880. The van der Waals surface area contributed by atoms with Crippen molar-refractivity contribution in [2.75, 3.05) is 25.1 Å². The zero-order valence-electron chi connectivity index (χ0n) is 11.4. The maximum absolute atomic E-state index is 11.6. The molecule has 19 heavy (non-hydrogen) atoms. The van der Waals surface area contributed by atoms with Gasteiger partial charge in [-0.25, -0.2) is 0 Å². The van der Waals surface area contributed by atoms with Gasteiger partial charge in [0.1, 0.15) is 12.4 Å². The Morgan fingerprint density at radius 3 is 2.79 bits per heavy atom. The number of ether oxygens (including phenoxy) is 2. The van der Waals surface area contributed by atoms with Crippen molar-refractivity contribution < 1.29 is 19.4 Å². The van der Waals surface area contributed by atoms with E-state index in [1.807, 2.05) is 13.8 Å². The smallest absolute Gasteiger partial charge is 0.250 e. The zero-order valence-corrected chi connectivity index (χ0v) is 11.4. The number of aliphatic hydroxyl groups is 1. The van der Waals surface area contributed by atoms with Crippen LogP contribution in [0, 0.1) is 0 Å². The lowest BCUT2D eigenvalue weighted by Crippen LogP contribution is -2.18. The molecule has 5 heteroatoms. The fourth-order valence-corrected chi connectivity index (χ4v) is 1.58. The molecular formula is C14H21NO4. The molecule has 1 amide bonds. The molecular weight excluding hydrogens is 246 g/mol. The van der Waals surface area contributed by atoms with Crippen LogP contribution in [-0.4, -0.2) is 30.8 Å². The van der Waals surface area contributed by atoms with E-state index >= 15 is 0 Å². The maximum atomic E-state index is 11.6. The van der Waals surface area contributed by atoms with Gasteiger partial charge in [0.05, 0.1) is 13.2 Å². The van der Waals surface area contributed by atoms with E-state index in [2.05, 4.69) is 5.32 Å². The van der Waals surface area contributed by atoms with Crippen molar-refractivity contribution in [2.45, 2.75) is 26.9 Å². The van der Waals surface area contributed by atoms with E-state index in [0.29, 0.717) is 30.2 Å². The fourth-order valence-electron chi connectivity index (χ4n) is 1.58. The first-order valence-corrected chi connectivity index (χ1v) is 6.45. The van der Waals surface area contributed by atoms with Gasteiger partial charge in [-0.15, -0.1) is 0 Å². The Kier molecular flexibility index (Phi) is 6.92. The average Bonchev–Trinajstić information content (AvgIpc) is 2.41. The summed E-state index contributed by atoms with van der Waals surface area (Å²) in [5.41, 5.74) is 1.27. The van der Waals surface area contributed by atoms with Crippen molar-refractivity contribution in [3.63, 3.8) is 0 Å². The third kappa shape index (κ3) is 5.28. The summed E-state index contributed by atoms with van der Waals surface area (Å²) < 4.78 is 10.5. The quantitative estimate of drug-likeness (QED) is 0.706. The summed E-state index contributed by atoms with van der Waals surface area (Å²) in [6.45, 7) is 4.86. The van der Waals surface area contributed by atoms with Crippen LogP contribution in [0.1, 0.15) is 25.8 Å². The first-order valence-electron chi connectivity index (χ1n) is 6.45. The average molecular weight is 267 g/mol. The van der Waals surface area contributed by atoms with Crippen molar-refractivity contribution in [2.24, 2.45) is 0 Å². The zero-order chi connectivity index (χ0) is 14.1. The third-order valence-electron chi connectivity index (χ3n) is 2.40. The monoisotopic (exact) mass is 267 g/mol. The molecule has 0 radical (unpaired) electrons. The number of carbonyl (C=O) groups excluding carboxylic acids is 1. The first kappa shape index (κ1) is 15.5. The minimum absolute atomic E-state index is 0.0372. The lowest BCUT2D eigenvalue weighted by atomic mass is 10.2. The van der Waals surface area contributed by atoms with Crippen LogP contribution in [0.15, 0.2) is 18.2 Å². The molecule has 0 fully saturated rings. The van der Waals surface area contributed by atoms with Crippen LogP contribution in [0.25, 0.3) is 0 Å². The van der Waals surface area contributed by atoms with Crippen LogP contribution >= 0.6 is 0 Å². The SMILES string of the molecule is CCCOCC(=O)Nc1ccc(OCC)c(CO)c1. The third-order valence-corrected chi connectivity index (χ3v) is 2.40. The molecule has 1 rings (SSSR count). The number of hydrogen-bond donors (Lipinski definition) is 2. The van der Waals surface area contributed by atoms with E-state index in [-0.39, 0.29) is 19.1 Å². The molecule has 0 atom stereocenters. The number of anilines is 1. The predicted molar refractivity (Wildman–Crippen MR) is 73.3 cm³/mol. The fraction of sp³-hybridized carbons (Fsp3) is 0.500. The van der Waals surface area contributed by atoms with Crippen LogP contribution in [0.5, 0.6) is 5.75 Å². The summed E-state index contributed by atoms with van der Waals surface area (Å²) >= 11 is 0. The molecule has 1 aromatic rings. The number of amides is 1. The summed E-state index contributed by atoms with van der Waals surface area (Å²) in [7, 11) is 0. The van der Waals surface area contributed by atoms with Crippen molar-refractivity contribution in [3.8, 4) is 5.75 Å². The second-order valence-corrected chi connectivity index (χ2v) is 4.01. The lowest BCUT2D eigenvalue weighted by Gasteiger charge is -2.11. The Morgan fingerprint density at radius 2 is 2.16 bits per heavy atom. The van der Waals surface area contributed by atoms with E-state index in [1.165, 1.54) is 0 Å². The van der Waals surface area contributed by atoms with Gasteiger partial charge in [0, 0.05) is 17.9 Å². The van der Waals surface area contributed by atoms with Gasteiger partial charge in [-0.2, -0.15) is 0 Å². The van der Waals surface area contributed by atoms with Gasteiger partial charge in [-0.1, -0.05) is 6.92 Å². The highest BCUT2D eigenvalue weighted by Crippen LogP contribution is 2.22. The van der Waals surface area contributed by atoms with E-state index < -0.39 is 0 Å². The van der Waals surface area contributed by atoms with Gasteiger partial charge < -0.3 is 19.9 Å². The number of benzene rings is 1. The Hall–Kier alpha value is -1.59. The van der Waals surface area contributed by atoms with E-state index in [4.69, 9.17) is 9.47 Å². The molecule has 0 saturated carbocycles. The van der Waals surface area contributed by atoms with E-state index in [1.54, 1.807) is 18.2 Å². The number of aliphatic hydroxyl groups excluding tert-OH is 1. The predicted octanol–water partition coefficient (Wildman–Crippen LogP) is 1.94. The topological polar surface area (TPSA) is 67.8 Å². The molecule has 0 aromatic heterocycles. The first-order chi connectivity index (χ1) is 9.21. The lowest BCUT2D eigenvalue weighted by molar-refractivity contribution is -0.120. The molecule has 5 nitrogen and oxygen atoms in total. The summed E-state index contributed by atoms with van der Waals surface area (Å²) in [5, 5.41) is 12.0. The molecule has 106 valence electrons. The van der Waals surface area contributed by atoms with Crippen LogP contribution in [0.2, 0.25) is 0 Å². The summed E-state index contributed by atoms with van der Waals surface area (Å²) in [4.78, 5) is 11.6. The molecule has 0 aliphatic rings. The van der Waals surface area contributed by atoms with Gasteiger partial charge in [0.15, 0.2) is 0 Å². The molecule has 0 unspecified atom stereocenters. The molecule has 1 aromatic carbocycles. The molecule has 0 aliphatic carbocycles. The Bertz CT molecular complexity index is 406. The minimum atomic E-state index is -0.207. The minimum Gasteiger partial charge on any atom is -0.494 e. The molecule has 0 saturated heterocycles. The molecule has 0 bridgehead atoms. The van der Waals surface area contributed by atoms with Crippen LogP contribution in [-0.2, 0) is 16.1 Å². The van der Waals surface area contributed by atoms with Crippen molar-refractivity contribution in [3.05, 3.63) is 23.8 Å². The normalized spacial score (nSPS) is 10.3. The van der Waals surface area contributed by atoms with E-state index in [9.17, 15) is 9.90 Å². The molecule has 2 N–H and O–H groups in total. The van der Waals surface area contributed by atoms with Gasteiger partial charge in [-0.3, -0.25) is 4.79 Å². The second kappa shape index (κ2) is 8.50. The second-order valence-electron chi connectivity index (χ2n) is 4.01. The number of rotatable bonds is 8. The Morgan fingerprint density at radius 1 is 1.37 bits per heavy atom. The molecule has 0 aliphatic heterocycles. The number of hydrogen-bond acceptors (Lipinski definition) is 4. The largest absolute Gasteiger partial charge is 0.494 e. The standard InChI is InChI=1S/C14H21NO4/c1-3-7-18-10-14(17)15-12-5-6-13(19-4-2)11(8-12)9-16/h5-6,8,16H,3-4,7,9-10H2,1-2H3,(H,15,17). The van der Waals surface area contributed by atoms with Crippen LogP contribution in [0.4, 0.5) is 5.69 Å². The summed E-state index contributed by atoms with van der Waals surface area (Å²) in [5.74, 6) is 0.423. The van der Waals surface area contributed by atoms with Gasteiger partial charge in [-0.05, 0) is 31.5 Å². The number of carbonyl (C=O) groups is 1. The highest BCUT2D eigenvalue weighted by molar-refractivity contribution is 5.91.